The molecule has 3 aromatic carbocycles. The zero-order chi connectivity index (χ0) is 21.5. The molecular weight excluding hydrogens is 381 g/mol. The average molecular weight is 409 g/mol. The van der Waals surface area contributed by atoms with Crippen LogP contribution in [0.3, 0.4) is 0 Å². The number of benzene rings is 3. The summed E-state index contributed by atoms with van der Waals surface area (Å²) in [5.74, 6) is -1.82. The Morgan fingerprint density at radius 3 is 2.17 bits per heavy atom. The second-order valence-corrected chi connectivity index (χ2v) is 7.56. The van der Waals surface area contributed by atoms with Crippen molar-refractivity contribution in [1.29, 1.82) is 0 Å². The van der Waals surface area contributed by atoms with Gasteiger partial charge in [0, 0.05) is 11.1 Å². The summed E-state index contributed by atoms with van der Waals surface area (Å²) < 4.78 is 42.9. The zero-order valence-electron chi connectivity index (χ0n) is 17.5. The Balaban J connectivity index is 1.76. The molecule has 0 N–H and O–H groups in total. The summed E-state index contributed by atoms with van der Waals surface area (Å²) in [5, 5.41) is 0. The van der Waals surface area contributed by atoms with Crippen LogP contribution in [0.4, 0.5) is 13.2 Å². The summed E-state index contributed by atoms with van der Waals surface area (Å²) in [4.78, 5) is 0. The topological polar surface area (TPSA) is 0 Å². The van der Waals surface area contributed by atoms with Gasteiger partial charge < -0.3 is 0 Å². The molecule has 0 unspecified atom stereocenters. The van der Waals surface area contributed by atoms with Gasteiger partial charge in [0.1, 0.15) is 5.82 Å². The van der Waals surface area contributed by atoms with Crippen LogP contribution in [-0.4, -0.2) is 0 Å². The lowest BCUT2D eigenvalue weighted by Crippen LogP contribution is -1.96. The molecule has 0 aliphatic rings. The maximum Gasteiger partial charge on any atom is 0.166 e. The van der Waals surface area contributed by atoms with E-state index in [9.17, 15) is 13.2 Å². The van der Waals surface area contributed by atoms with Crippen molar-refractivity contribution in [1.82, 2.24) is 0 Å². The van der Waals surface area contributed by atoms with E-state index in [2.05, 4.69) is 6.92 Å². The summed E-state index contributed by atoms with van der Waals surface area (Å²) in [6, 6.07) is 16.0. The smallest absolute Gasteiger partial charge is 0.166 e. The minimum Gasteiger partial charge on any atom is -0.206 e. The molecule has 0 fully saturated rings. The Morgan fingerprint density at radius 1 is 0.733 bits per heavy atom. The van der Waals surface area contributed by atoms with E-state index < -0.39 is 11.6 Å². The van der Waals surface area contributed by atoms with Gasteiger partial charge in [-0.3, -0.25) is 0 Å². The van der Waals surface area contributed by atoms with Gasteiger partial charge in [-0.05, 0) is 47.6 Å². The van der Waals surface area contributed by atoms with Crippen molar-refractivity contribution in [3.05, 3.63) is 94.3 Å². The number of halogens is 3. The molecule has 3 rings (SSSR count). The first-order chi connectivity index (χ1) is 14.5. The third kappa shape index (κ3) is 5.21. The number of hydrogen-bond acceptors (Lipinski definition) is 0. The SMILES string of the molecule is CCCCc1ccc(-c2ccc(/C=C/c3ccc(CCC)c(F)c3F)cc2)c(F)c1. The van der Waals surface area contributed by atoms with Gasteiger partial charge in [-0.2, -0.15) is 0 Å². The van der Waals surface area contributed by atoms with Crippen molar-refractivity contribution in [2.24, 2.45) is 0 Å². The molecule has 0 atom stereocenters. The van der Waals surface area contributed by atoms with Gasteiger partial charge in [0.15, 0.2) is 11.6 Å². The highest BCUT2D eigenvalue weighted by molar-refractivity contribution is 5.72. The standard InChI is InChI=1S/C27H27F3/c1-3-5-7-20-11-17-24(25(28)18-20)21-12-8-19(9-13-21)10-14-23-16-15-22(6-4-2)26(29)27(23)30/h8-18H,3-7H2,1-2H3/b14-10+. The number of unbranched alkanes of at least 4 members (excludes halogenated alkanes) is 1. The highest BCUT2D eigenvalue weighted by Crippen LogP contribution is 2.26. The molecule has 0 radical (unpaired) electrons. The van der Waals surface area contributed by atoms with Gasteiger partial charge in [0.2, 0.25) is 0 Å². The second-order valence-electron chi connectivity index (χ2n) is 7.56. The molecule has 0 aliphatic carbocycles. The first kappa shape index (κ1) is 21.9. The lowest BCUT2D eigenvalue weighted by molar-refractivity contribution is 0.496. The fraction of sp³-hybridized carbons (Fsp3) is 0.259. The van der Waals surface area contributed by atoms with Crippen LogP contribution in [0.25, 0.3) is 23.3 Å². The van der Waals surface area contributed by atoms with Crippen LogP contribution in [0.2, 0.25) is 0 Å². The Labute approximate surface area is 177 Å². The van der Waals surface area contributed by atoms with Crippen molar-refractivity contribution in [2.45, 2.75) is 46.0 Å². The summed E-state index contributed by atoms with van der Waals surface area (Å²) >= 11 is 0. The number of aryl methyl sites for hydroxylation is 2. The first-order valence-corrected chi connectivity index (χ1v) is 10.6. The Kier molecular flexibility index (Phi) is 7.51. The predicted octanol–water partition coefficient (Wildman–Crippen LogP) is 8.24. The predicted molar refractivity (Wildman–Crippen MR) is 120 cm³/mol. The Bertz CT molecular complexity index is 1020. The van der Waals surface area contributed by atoms with Gasteiger partial charge in [-0.1, -0.05) is 87.4 Å². The van der Waals surface area contributed by atoms with Gasteiger partial charge in [-0.15, -0.1) is 0 Å². The molecule has 0 saturated carbocycles. The molecule has 0 bridgehead atoms. The van der Waals surface area contributed by atoms with E-state index in [4.69, 9.17) is 0 Å². The van der Waals surface area contributed by atoms with Crippen LogP contribution in [0.5, 0.6) is 0 Å². The van der Waals surface area contributed by atoms with E-state index in [0.29, 0.717) is 17.5 Å². The van der Waals surface area contributed by atoms with Crippen molar-refractivity contribution in [2.75, 3.05) is 0 Å². The van der Waals surface area contributed by atoms with E-state index in [1.165, 1.54) is 0 Å². The fourth-order valence-corrected chi connectivity index (χ4v) is 3.48. The number of hydrogen-bond donors (Lipinski definition) is 0. The van der Waals surface area contributed by atoms with E-state index in [1.54, 1.807) is 30.4 Å². The second kappa shape index (κ2) is 10.3. The normalized spacial score (nSPS) is 11.4. The highest BCUT2D eigenvalue weighted by atomic mass is 19.2. The minimum absolute atomic E-state index is 0.213. The molecule has 3 heteroatoms. The Morgan fingerprint density at radius 2 is 1.50 bits per heavy atom. The van der Waals surface area contributed by atoms with Crippen LogP contribution >= 0.6 is 0 Å². The first-order valence-electron chi connectivity index (χ1n) is 10.6. The van der Waals surface area contributed by atoms with E-state index in [-0.39, 0.29) is 11.4 Å². The van der Waals surface area contributed by atoms with Crippen molar-refractivity contribution in [3.8, 4) is 11.1 Å². The summed E-state index contributed by atoms with van der Waals surface area (Å²) in [6.07, 6.45) is 7.58. The van der Waals surface area contributed by atoms with Crippen molar-refractivity contribution >= 4 is 12.2 Å². The highest BCUT2D eigenvalue weighted by Gasteiger charge is 2.11. The van der Waals surface area contributed by atoms with Crippen LogP contribution in [0, 0.1) is 17.5 Å². The minimum atomic E-state index is -0.820. The molecule has 0 saturated heterocycles. The quantitative estimate of drug-likeness (QED) is 0.329. The summed E-state index contributed by atoms with van der Waals surface area (Å²) in [5.41, 5.74) is 3.80. The zero-order valence-corrected chi connectivity index (χ0v) is 17.5. The van der Waals surface area contributed by atoms with E-state index in [1.807, 2.05) is 43.3 Å². The van der Waals surface area contributed by atoms with Crippen LogP contribution in [0.15, 0.2) is 54.6 Å². The summed E-state index contributed by atoms with van der Waals surface area (Å²) in [7, 11) is 0. The van der Waals surface area contributed by atoms with Gasteiger partial charge in [0.05, 0.1) is 0 Å². The molecule has 0 aromatic heterocycles. The molecule has 0 nitrogen and oxygen atoms in total. The van der Waals surface area contributed by atoms with E-state index >= 15 is 0 Å². The molecule has 3 aromatic rings. The fourth-order valence-electron chi connectivity index (χ4n) is 3.48. The van der Waals surface area contributed by atoms with Crippen LogP contribution < -0.4 is 0 Å². The molecule has 0 spiro atoms. The van der Waals surface area contributed by atoms with E-state index in [0.717, 1.165) is 42.4 Å². The molecule has 0 heterocycles. The largest absolute Gasteiger partial charge is 0.206 e. The molecule has 0 aliphatic heterocycles. The molecule has 156 valence electrons. The van der Waals surface area contributed by atoms with Crippen LogP contribution in [0.1, 0.15) is 55.4 Å². The molecule has 30 heavy (non-hydrogen) atoms. The maximum absolute atomic E-state index is 14.5. The van der Waals surface area contributed by atoms with Crippen molar-refractivity contribution in [3.63, 3.8) is 0 Å². The van der Waals surface area contributed by atoms with Crippen molar-refractivity contribution < 1.29 is 13.2 Å². The molecular formula is C27H27F3. The third-order valence-electron chi connectivity index (χ3n) is 5.24. The molecule has 0 amide bonds. The lowest BCUT2D eigenvalue weighted by Gasteiger charge is -2.07. The Hall–Kier alpha value is -2.81. The van der Waals surface area contributed by atoms with Crippen LogP contribution in [-0.2, 0) is 12.8 Å². The van der Waals surface area contributed by atoms with Gasteiger partial charge in [0.25, 0.3) is 0 Å². The average Bonchev–Trinajstić information content (AvgIpc) is 2.76. The summed E-state index contributed by atoms with van der Waals surface area (Å²) in [6.45, 7) is 4.05. The van der Waals surface area contributed by atoms with Gasteiger partial charge in [-0.25, -0.2) is 13.2 Å². The number of rotatable bonds is 8. The third-order valence-corrected chi connectivity index (χ3v) is 5.24. The maximum atomic E-state index is 14.5. The lowest BCUT2D eigenvalue weighted by atomic mass is 9.99. The monoisotopic (exact) mass is 408 g/mol. The van der Waals surface area contributed by atoms with Gasteiger partial charge >= 0.3 is 0 Å².